The van der Waals surface area contributed by atoms with Crippen molar-refractivity contribution in [2.45, 2.75) is 44.6 Å². The van der Waals surface area contributed by atoms with E-state index in [0.717, 1.165) is 36.9 Å². The van der Waals surface area contributed by atoms with E-state index in [4.69, 9.17) is 5.26 Å². The molecular weight excluding hydrogens is 380 g/mol. The summed E-state index contributed by atoms with van der Waals surface area (Å²) in [5.74, 6) is 0.0466. The van der Waals surface area contributed by atoms with Gasteiger partial charge in [-0.05, 0) is 56.7 Å². The minimum atomic E-state index is -0.111. The van der Waals surface area contributed by atoms with E-state index in [1.54, 1.807) is 23.4 Å². The average Bonchev–Trinajstić information content (AvgIpc) is 3.30. The van der Waals surface area contributed by atoms with Gasteiger partial charge in [-0.15, -0.1) is 0 Å². The Balaban J connectivity index is 1.27. The Morgan fingerprint density at radius 3 is 2.47 bits per heavy atom. The molecule has 2 aromatic rings. The third-order valence-electron chi connectivity index (χ3n) is 6.20. The van der Waals surface area contributed by atoms with E-state index in [9.17, 15) is 9.59 Å². The Morgan fingerprint density at radius 1 is 1.10 bits per heavy atom. The van der Waals surface area contributed by atoms with Crippen molar-refractivity contribution in [3.63, 3.8) is 0 Å². The summed E-state index contributed by atoms with van der Waals surface area (Å²) in [6, 6.07) is 7.98. The van der Waals surface area contributed by atoms with Crippen LogP contribution in [0.3, 0.4) is 0 Å². The van der Waals surface area contributed by atoms with Crippen LogP contribution < -0.4 is 5.32 Å². The minimum absolute atomic E-state index is 0.0608. The number of hydrogen-bond donors (Lipinski definition) is 2. The van der Waals surface area contributed by atoms with Gasteiger partial charge in [-0.2, -0.15) is 10.4 Å². The number of carbonyl (C=O) groups excluding carboxylic acids is 2. The lowest BCUT2D eigenvalue weighted by molar-refractivity contribution is -0.127. The average molecular weight is 406 g/mol. The topological polar surface area (TPSA) is 115 Å². The van der Waals surface area contributed by atoms with E-state index in [-0.39, 0.29) is 29.7 Å². The van der Waals surface area contributed by atoms with Crippen LogP contribution in [0.15, 0.2) is 30.6 Å². The highest BCUT2D eigenvalue weighted by atomic mass is 16.2. The van der Waals surface area contributed by atoms with Crippen molar-refractivity contribution < 1.29 is 9.59 Å². The van der Waals surface area contributed by atoms with E-state index in [0.29, 0.717) is 31.6 Å². The first-order chi connectivity index (χ1) is 14.6. The van der Waals surface area contributed by atoms with Crippen molar-refractivity contribution >= 4 is 11.8 Å². The number of nitrogens with zero attached hydrogens (tertiary/aromatic N) is 4. The van der Waals surface area contributed by atoms with Crippen LogP contribution in [-0.4, -0.2) is 51.0 Å². The maximum atomic E-state index is 12.8. The molecule has 1 aliphatic heterocycles. The van der Waals surface area contributed by atoms with E-state index in [1.165, 1.54) is 0 Å². The fourth-order valence-corrected chi connectivity index (χ4v) is 4.30. The van der Waals surface area contributed by atoms with Gasteiger partial charge in [0.1, 0.15) is 0 Å². The molecule has 8 nitrogen and oxygen atoms in total. The zero-order valence-electron chi connectivity index (χ0n) is 16.9. The molecule has 2 N–H and O–H groups in total. The number of H-pyrrole nitrogens is 1. The van der Waals surface area contributed by atoms with Crippen LogP contribution in [0.2, 0.25) is 0 Å². The summed E-state index contributed by atoms with van der Waals surface area (Å²) in [5.41, 5.74) is 2.09. The molecule has 3 heterocycles. The fraction of sp³-hybridized carbons (Fsp3) is 0.500. The molecule has 30 heavy (non-hydrogen) atoms. The maximum absolute atomic E-state index is 12.8. The molecule has 0 radical (unpaired) electrons. The third-order valence-corrected chi connectivity index (χ3v) is 6.20. The quantitative estimate of drug-likeness (QED) is 0.810. The number of nitriles is 1. The number of nitrogens with one attached hydrogen (secondary N) is 2. The van der Waals surface area contributed by atoms with E-state index in [2.05, 4.69) is 26.6 Å². The third kappa shape index (κ3) is 4.51. The van der Waals surface area contributed by atoms with Crippen LogP contribution in [0, 0.1) is 23.2 Å². The van der Waals surface area contributed by atoms with Crippen molar-refractivity contribution in [3.8, 4) is 17.3 Å². The van der Waals surface area contributed by atoms with E-state index in [1.807, 2.05) is 12.1 Å². The molecule has 0 spiro atoms. The van der Waals surface area contributed by atoms with Crippen molar-refractivity contribution in [1.29, 1.82) is 5.26 Å². The van der Waals surface area contributed by atoms with E-state index >= 15 is 0 Å². The Morgan fingerprint density at radius 2 is 1.80 bits per heavy atom. The van der Waals surface area contributed by atoms with Crippen LogP contribution in [0.1, 0.15) is 49.0 Å². The van der Waals surface area contributed by atoms with Gasteiger partial charge in [0, 0.05) is 48.9 Å². The van der Waals surface area contributed by atoms with Gasteiger partial charge in [0.05, 0.1) is 11.8 Å². The standard InChI is InChI=1S/C22H26N6O2/c23-14-15-1-3-18(4-2-15)25-21(29)17-7-11-28(12-8-17)22(30)20-13-19(26-27-20)16-5-9-24-10-6-16/h5-6,9-10,13,15,17-18H,1-4,7-8,11-12H2,(H,25,29)(H,26,27). The summed E-state index contributed by atoms with van der Waals surface area (Å²) in [6.45, 7) is 1.10. The number of piperidine rings is 1. The molecule has 4 rings (SSSR count). The smallest absolute Gasteiger partial charge is 0.274 e. The van der Waals surface area contributed by atoms with Gasteiger partial charge in [-0.1, -0.05) is 0 Å². The largest absolute Gasteiger partial charge is 0.353 e. The van der Waals surface area contributed by atoms with Gasteiger partial charge in [-0.25, -0.2) is 0 Å². The zero-order chi connectivity index (χ0) is 20.9. The number of aromatic amines is 1. The van der Waals surface area contributed by atoms with Gasteiger partial charge in [0.2, 0.25) is 5.91 Å². The normalized spacial score (nSPS) is 22.3. The maximum Gasteiger partial charge on any atom is 0.274 e. The molecule has 2 aliphatic rings. The number of carbonyl (C=O) groups is 2. The summed E-state index contributed by atoms with van der Waals surface area (Å²) in [4.78, 5) is 31.2. The van der Waals surface area contributed by atoms with Gasteiger partial charge in [0.25, 0.3) is 5.91 Å². The van der Waals surface area contributed by atoms with Gasteiger partial charge in [-0.3, -0.25) is 19.7 Å². The lowest BCUT2D eigenvalue weighted by atomic mass is 9.86. The summed E-state index contributed by atoms with van der Waals surface area (Å²) in [5, 5.41) is 19.2. The summed E-state index contributed by atoms with van der Waals surface area (Å²) < 4.78 is 0. The molecule has 8 heteroatoms. The SMILES string of the molecule is N#CC1CCC(NC(=O)C2CCN(C(=O)c3cc(-c4ccncc4)[nH]n3)CC2)CC1. The Kier molecular flexibility index (Phi) is 6.07. The first kappa shape index (κ1) is 20.1. The van der Waals surface area contributed by atoms with Crippen molar-refractivity contribution in [2.24, 2.45) is 11.8 Å². The number of amides is 2. The molecule has 1 saturated carbocycles. The first-order valence-electron chi connectivity index (χ1n) is 10.6. The molecule has 1 aliphatic carbocycles. The van der Waals surface area contributed by atoms with Gasteiger partial charge >= 0.3 is 0 Å². The molecule has 0 aromatic carbocycles. The zero-order valence-corrected chi connectivity index (χ0v) is 16.9. The van der Waals surface area contributed by atoms with Crippen molar-refractivity contribution in [2.75, 3.05) is 13.1 Å². The predicted octanol–water partition coefficient (Wildman–Crippen LogP) is 2.52. The summed E-state index contributed by atoms with van der Waals surface area (Å²) in [6.07, 6.45) is 8.18. The van der Waals surface area contributed by atoms with Crippen molar-refractivity contribution in [1.82, 2.24) is 25.4 Å². The molecule has 0 unspecified atom stereocenters. The number of likely N-dealkylation sites (tertiary alicyclic amines) is 1. The van der Waals surface area contributed by atoms with Gasteiger partial charge in [0.15, 0.2) is 5.69 Å². The first-order valence-corrected chi connectivity index (χ1v) is 10.6. The molecule has 2 aromatic heterocycles. The van der Waals surface area contributed by atoms with Gasteiger partial charge < -0.3 is 10.2 Å². The lowest BCUT2D eigenvalue weighted by Crippen LogP contribution is -2.46. The van der Waals surface area contributed by atoms with E-state index < -0.39 is 0 Å². The highest BCUT2D eigenvalue weighted by Crippen LogP contribution is 2.25. The molecule has 2 amide bonds. The van der Waals surface area contributed by atoms with Crippen LogP contribution in [0.5, 0.6) is 0 Å². The molecular formula is C22H26N6O2. The monoisotopic (exact) mass is 406 g/mol. The number of rotatable bonds is 4. The minimum Gasteiger partial charge on any atom is -0.353 e. The highest BCUT2D eigenvalue weighted by Gasteiger charge is 2.30. The number of pyridine rings is 1. The number of hydrogen-bond acceptors (Lipinski definition) is 5. The molecule has 1 saturated heterocycles. The predicted molar refractivity (Wildman–Crippen MR) is 110 cm³/mol. The summed E-state index contributed by atoms with van der Waals surface area (Å²) >= 11 is 0. The lowest BCUT2D eigenvalue weighted by Gasteiger charge is -2.32. The highest BCUT2D eigenvalue weighted by molar-refractivity contribution is 5.93. The molecule has 0 bridgehead atoms. The Labute approximate surface area is 175 Å². The Bertz CT molecular complexity index is 919. The second-order valence-electron chi connectivity index (χ2n) is 8.16. The molecule has 156 valence electrons. The second kappa shape index (κ2) is 9.08. The molecule has 0 atom stereocenters. The summed E-state index contributed by atoms with van der Waals surface area (Å²) in [7, 11) is 0. The van der Waals surface area contributed by atoms with Crippen LogP contribution in [0.25, 0.3) is 11.3 Å². The fourth-order valence-electron chi connectivity index (χ4n) is 4.30. The Hall–Kier alpha value is -3.21. The van der Waals surface area contributed by atoms with Crippen molar-refractivity contribution in [3.05, 3.63) is 36.3 Å². The van der Waals surface area contributed by atoms with Crippen LogP contribution >= 0.6 is 0 Å². The van der Waals surface area contributed by atoms with Crippen LogP contribution in [0.4, 0.5) is 0 Å². The second-order valence-corrected chi connectivity index (χ2v) is 8.16. The number of aromatic nitrogens is 3. The van der Waals surface area contributed by atoms with Crippen LogP contribution in [-0.2, 0) is 4.79 Å². The molecule has 2 fully saturated rings.